The molecule has 1 atom stereocenters. The zero-order valence-corrected chi connectivity index (χ0v) is 15.2. The average Bonchev–Trinajstić information content (AvgIpc) is 2.86. The summed E-state index contributed by atoms with van der Waals surface area (Å²) in [5.74, 6) is 2.89. The zero-order valence-electron chi connectivity index (χ0n) is 13.6. The summed E-state index contributed by atoms with van der Waals surface area (Å²) in [7, 11) is 5.81. The maximum absolute atomic E-state index is 11.2. The summed E-state index contributed by atoms with van der Waals surface area (Å²) in [5, 5.41) is 6.03. The number of pyridine rings is 1. The molecule has 0 amide bonds. The number of rotatable bonds is 9. The molecule has 0 fully saturated rings. The van der Waals surface area contributed by atoms with Crippen molar-refractivity contribution in [1.29, 1.82) is 0 Å². The zero-order chi connectivity index (χ0) is 16.7. The second kappa shape index (κ2) is 9.02. The molecule has 0 spiro atoms. The largest absolute Gasteiger partial charge is 0.546 e. The number of nitrogens with zero attached hydrogens (tertiary/aromatic N) is 4. The lowest BCUT2D eigenvalue weighted by atomic mass is 10.3. The van der Waals surface area contributed by atoms with Crippen LogP contribution in [0.4, 0.5) is 11.6 Å². The molecule has 23 heavy (non-hydrogen) atoms. The van der Waals surface area contributed by atoms with Crippen LogP contribution in [0.1, 0.15) is 11.4 Å². The highest BCUT2D eigenvalue weighted by Crippen LogP contribution is 2.21. The van der Waals surface area contributed by atoms with Crippen molar-refractivity contribution >= 4 is 34.5 Å². The molecule has 2 aromatic heterocycles. The molecule has 0 aromatic carbocycles. The Labute approximate surface area is 144 Å². The van der Waals surface area contributed by atoms with Crippen molar-refractivity contribution in [3.63, 3.8) is 0 Å². The van der Waals surface area contributed by atoms with E-state index in [0.29, 0.717) is 11.6 Å². The van der Waals surface area contributed by atoms with Crippen LogP contribution < -0.4 is 10.6 Å². The number of thioether (sulfide) groups is 1. The van der Waals surface area contributed by atoms with Crippen molar-refractivity contribution in [1.82, 2.24) is 18.6 Å². The lowest BCUT2D eigenvalue weighted by Crippen LogP contribution is -2.12. The van der Waals surface area contributed by atoms with Crippen molar-refractivity contribution in [2.24, 2.45) is 0 Å². The Balaban J connectivity index is 1.73. The van der Waals surface area contributed by atoms with Gasteiger partial charge in [-0.2, -0.15) is 11.8 Å². The van der Waals surface area contributed by atoms with Gasteiger partial charge in [-0.15, -0.1) is 0 Å². The molecule has 0 saturated heterocycles. The number of hydrogen-bond acceptors (Lipinski definition) is 8. The SMILES string of the molecule is CNc1n[s+]([O-])nc1NCCSCc1cccc(CN(C)C)n1. The monoisotopic (exact) mass is 354 g/mol. The minimum absolute atomic E-state index is 0.548. The molecule has 0 aliphatic carbocycles. The molecule has 2 N–H and O–H groups in total. The van der Waals surface area contributed by atoms with E-state index in [1.807, 2.05) is 20.2 Å². The van der Waals surface area contributed by atoms with Gasteiger partial charge in [0.15, 0.2) is 11.1 Å². The van der Waals surface area contributed by atoms with E-state index in [1.54, 1.807) is 18.8 Å². The number of nitrogens with one attached hydrogen (secondary N) is 2. The Morgan fingerprint density at radius 3 is 2.70 bits per heavy atom. The third-order valence-electron chi connectivity index (χ3n) is 2.93. The van der Waals surface area contributed by atoms with Crippen molar-refractivity contribution < 1.29 is 4.55 Å². The van der Waals surface area contributed by atoms with E-state index in [4.69, 9.17) is 0 Å². The van der Waals surface area contributed by atoms with Gasteiger partial charge < -0.3 is 20.1 Å². The minimum Gasteiger partial charge on any atom is -0.546 e. The highest BCUT2D eigenvalue weighted by molar-refractivity contribution is 7.98. The van der Waals surface area contributed by atoms with E-state index >= 15 is 0 Å². The predicted octanol–water partition coefficient (Wildman–Crippen LogP) is 2.05. The van der Waals surface area contributed by atoms with Gasteiger partial charge in [0.1, 0.15) is 0 Å². The molecule has 7 nitrogen and oxygen atoms in total. The van der Waals surface area contributed by atoms with E-state index in [2.05, 4.69) is 41.4 Å². The normalized spacial score (nSPS) is 11.8. The third kappa shape index (κ3) is 5.94. The van der Waals surface area contributed by atoms with Gasteiger partial charge in [-0.05, 0) is 26.2 Å². The van der Waals surface area contributed by atoms with Crippen LogP contribution in [-0.4, -0.2) is 56.6 Å². The van der Waals surface area contributed by atoms with Crippen LogP contribution in [0.25, 0.3) is 0 Å². The van der Waals surface area contributed by atoms with Crippen molar-refractivity contribution in [2.45, 2.75) is 12.3 Å². The number of hydrogen-bond donors (Lipinski definition) is 2. The van der Waals surface area contributed by atoms with Crippen molar-refractivity contribution in [3.8, 4) is 0 Å². The van der Waals surface area contributed by atoms with Crippen LogP contribution in [0, 0.1) is 0 Å². The van der Waals surface area contributed by atoms with Gasteiger partial charge in [-0.3, -0.25) is 4.98 Å². The van der Waals surface area contributed by atoms with Crippen LogP contribution in [0.3, 0.4) is 0 Å². The van der Waals surface area contributed by atoms with E-state index in [1.165, 1.54) is 0 Å². The van der Waals surface area contributed by atoms with Gasteiger partial charge in [0.25, 0.3) is 0 Å². The summed E-state index contributed by atoms with van der Waals surface area (Å²) in [4.78, 5) is 6.75. The molecule has 1 unspecified atom stereocenters. The molecule has 2 aromatic rings. The topological polar surface area (TPSA) is 89.0 Å². The van der Waals surface area contributed by atoms with Gasteiger partial charge in [0, 0.05) is 40.4 Å². The Bertz CT molecular complexity index is 619. The molecular formula is C14H22N6OS2. The van der Waals surface area contributed by atoms with Gasteiger partial charge >= 0.3 is 0 Å². The second-order valence-electron chi connectivity index (χ2n) is 5.20. The van der Waals surface area contributed by atoms with Crippen LogP contribution in [0.5, 0.6) is 0 Å². The standard InChI is InChI=1S/C14H22N6OS2/c1-15-13-14(19-23(21)18-13)16-7-8-22-10-12-6-4-5-11(17-12)9-20(2)3/h4-6H,7-10H2,1-3H3,(H,15,18)(H,16,19). The van der Waals surface area contributed by atoms with E-state index in [-0.39, 0.29) is 0 Å². The van der Waals surface area contributed by atoms with Gasteiger partial charge in [0.05, 0.1) is 11.4 Å². The predicted molar refractivity (Wildman–Crippen MR) is 96.5 cm³/mol. The van der Waals surface area contributed by atoms with Crippen LogP contribution >= 0.6 is 22.9 Å². The minimum atomic E-state index is -1.50. The molecule has 2 heterocycles. The average molecular weight is 355 g/mol. The lowest BCUT2D eigenvalue weighted by Gasteiger charge is -2.10. The fourth-order valence-corrected chi connectivity index (χ4v) is 3.43. The van der Waals surface area contributed by atoms with E-state index in [9.17, 15) is 4.55 Å². The second-order valence-corrected chi connectivity index (χ2v) is 7.13. The molecule has 9 heteroatoms. The fraction of sp³-hybridized carbons (Fsp3) is 0.500. The van der Waals surface area contributed by atoms with Crippen molar-refractivity contribution in [3.05, 3.63) is 29.6 Å². The summed E-state index contributed by atoms with van der Waals surface area (Å²) in [5.41, 5.74) is 2.18. The first kappa shape index (κ1) is 17.9. The maximum atomic E-state index is 11.2. The van der Waals surface area contributed by atoms with E-state index < -0.39 is 11.1 Å². The Kier molecular flexibility index (Phi) is 7.03. The summed E-state index contributed by atoms with van der Waals surface area (Å²) in [6.07, 6.45) is 0. The third-order valence-corrected chi connectivity index (χ3v) is 4.60. The summed E-state index contributed by atoms with van der Waals surface area (Å²) in [6.45, 7) is 1.59. The van der Waals surface area contributed by atoms with Gasteiger partial charge in [-0.25, -0.2) is 0 Å². The molecule has 126 valence electrons. The Morgan fingerprint density at radius 2 is 1.96 bits per heavy atom. The molecule has 2 rings (SSSR count). The number of aromatic nitrogens is 3. The smallest absolute Gasteiger partial charge is 0.232 e. The number of anilines is 2. The van der Waals surface area contributed by atoms with E-state index in [0.717, 1.165) is 36.0 Å². The Hall–Kier alpha value is -1.42. The maximum Gasteiger partial charge on any atom is 0.232 e. The quantitative estimate of drug-likeness (QED) is 0.522. The van der Waals surface area contributed by atoms with Crippen LogP contribution in [0.15, 0.2) is 18.2 Å². The summed E-state index contributed by atoms with van der Waals surface area (Å²) < 4.78 is 19.0. The van der Waals surface area contributed by atoms with Crippen LogP contribution in [0.2, 0.25) is 0 Å². The first-order chi connectivity index (χ1) is 11.1. The highest BCUT2D eigenvalue weighted by atomic mass is 32.2. The molecular weight excluding hydrogens is 332 g/mol. The van der Waals surface area contributed by atoms with Gasteiger partial charge in [0.2, 0.25) is 11.6 Å². The molecule has 0 bridgehead atoms. The molecule has 0 radical (unpaired) electrons. The molecule has 0 saturated carbocycles. The molecule has 0 aliphatic heterocycles. The van der Waals surface area contributed by atoms with Gasteiger partial charge in [-0.1, -0.05) is 6.07 Å². The van der Waals surface area contributed by atoms with Crippen LogP contribution in [-0.2, 0) is 12.3 Å². The summed E-state index contributed by atoms with van der Waals surface area (Å²) in [6, 6.07) is 6.15. The van der Waals surface area contributed by atoms with Crippen molar-refractivity contribution in [2.75, 3.05) is 44.1 Å². The Morgan fingerprint density at radius 1 is 1.22 bits per heavy atom. The molecule has 0 aliphatic rings. The first-order valence-electron chi connectivity index (χ1n) is 7.27. The first-order valence-corrected chi connectivity index (χ1v) is 9.49. The highest BCUT2D eigenvalue weighted by Gasteiger charge is 2.13. The summed E-state index contributed by atoms with van der Waals surface area (Å²) >= 11 is 0.300. The lowest BCUT2D eigenvalue weighted by molar-refractivity contribution is 0.396. The fourth-order valence-electron chi connectivity index (χ4n) is 1.98.